The number of anilines is 1. The van der Waals surface area contributed by atoms with E-state index in [1.54, 1.807) is 4.90 Å². The molecule has 0 saturated carbocycles. The van der Waals surface area contributed by atoms with Crippen LogP contribution in [-0.4, -0.2) is 43.0 Å². The molecule has 0 aromatic heterocycles. The number of fused-ring (bicyclic) bond motifs is 1. The molecular weight excluding hydrogens is 398 g/mol. The van der Waals surface area contributed by atoms with Crippen molar-refractivity contribution < 1.29 is 13.2 Å². The van der Waals surface area contributed by atoms with Crippen LogP contribution in [-0.2, 0) is 35.1 Å². The minimum atomic E-state index is -3.22. The highest BCUT2D eigenvalue weighted by Crippen LogP contribution is 2.30. The van der Waals surface area contributed by atoms with Gasteiger partial charge in [0.15, 0.2) is 0 Å². The van der Waals surface area contributed by atoms with Crippen LogP contribution >= 0.6 is 0 Å². The Morgan fingerprint density at radius 2 is 1.60 bits per heavy atom. The van der Waals surface area contributed by atoms with E-state index in [9.17, 15) is 13.2 Å². The number of hydrogen-bond acceptors (Lipinski definition) is 3. The third-order valence-electron chi connectivity index (χ3n) is 5.95. The molecule has 2 aliphatic heterocycles. The van der Waals surface area contributed by atoms with Gasteiger partial charge < -0.3 is 4.90 Å². The fourth-order valence-corrected chi connectivity index (χ4v) is 4.80. The second kappa shape index (κ2) is 7.39. The molecule has 2 aromatic rings. The van der Waals surface area contributed by atoms with Crippen molar-refractivity contribution in [2.24, 2.45) is 0 Å². The van der Waals surface area contributed by atoms with Gasteiger partial charge in [-0.25, -0.2) is 13.2 Å². The summed E-state index contributed by atoms with van der Waals surface area (Å²) < 4.78 is 25.1. The molecule has 2 amide bonds. The average molecular weight is 428 g/mol. The maximum atomic E-state index is 13.0. The van der Waals surface area contributed by atoms with Gasteiger partial charge in [0.05, 0.1) is 6.26 Å². The first-order chi connectivity index (χ1) is 14.0. The summed E-state index contributed by atoms with van der Waals surface area (Å²) in [5.74, 6) is 0. The predicted molar refractivity (Wildman–Crippen MR) is 119 cm³/mol. The van der Waals surface area contributed by atoms with Crippen molar-refractivity contribution in [3.8, 4) is 0 Å². The number of hydrogen-bond donors (Lipinski definition) is 0. The van der Waals surface area contributed by atoms with E-state index in [2.05, 4.69) is 45.0 Å². The standard InChI is InChI=1S/C23H29N3O3S/c1-23(2,3)20-8-5-17(6-9-20)14-24-11-12-26(22(24)27)21-10-7-18-15-25(30(4,28)29)16-19(18)13-21/h5-10,13H,11-12,14-16H2,1-4H3. The smallest absolute Gasteiger partial charge is 0.318 e. The van der Waals surface area contributed by atoms with Crippen molar-refractivity contribution in [3.05, 3.63) is 64.7 Å². The lowest BCUT2D eigenvalue weighted by Gasteiger charge is -2.21. The second-order valence-corrected chi connectivity index (χ2v) is 11.3. The number of sulfonamides is 1. The number of nitrogens with zero attached hydrogens (tertiary/aromatic N) is 3. The van der Waals surface area contributed by atoms with Crippen molar-refractivity contribution in [2.75, 3.05) is 24.2 Å². The first kappa shape index (κ1) is 20.9. The van der Waals surface area contributed by atoms with E-state index in [0.29, 0.717) is 32.7 Å². The van der Waals surface area contributed by atoms with Crippen LogP contribution in [0.3, 0.4) is 0 Å². The Morgan fingerprint density at radius 3 is 2.23 bits per heavy atom. The Bertz CT molecular complexity index is 1070. The number of benzene rings is 2. The van der Waals surface area contributed by atoms with Gasteiger partial charge in [0.2, 0.25) is 10.0 Å². The van der Waals surface area contributed by atoms with E-state index < -0.39 is 10.0 Å². The predicted octanol–water partition coefficient (Wildman–Crippen LogP) is 3.70. The molecule has 7 heteroatoms. The zero-order chi connectivity index (χ0) is 21.7. The molecule has 6 nitrogen and oxygen atoms in total. The maximum absolute atomic E-state index is 13.0. The summed E-state index contributed by atoms with van der Waals surface area (Å²) in [6, 6.07) is 14.3. The molecule has 1 fully saturated rings. The van der Waals surface area contributed by atoms with Crippen LogP contribution in [0, 0.1) is 0 Å². The highest BCUT2D eigenvalue weighted by atomic mass is 32.2. The molecule has 2 heterocycles. The number of rotatable bonds is 4. The minimum absolute atomic E-state index is 0.00665. The number of urea groups is 1. The second-order valence-electron chi connectivity index (χ2n) is 9.29. The van der Waals surface area contributed by atoms with E-state index in [4.69, 9.17) is 0 Å². The largest absolute Gasteiger partial charge is 0.324 e. The number of amides is 2. The van der Waals surface area contributed by atoms with Crippen LogP contribution in [0.25, 0.3) is 0 Å². The van der Waals surface area contributed by atoms with Crippen LogP contribution in [0.1, 0.15) is 43.0 Å². The van der Waals surface area contributed by atoms with Gasteiger partial charge in [-0.3, -0.25) is 4.90 Å². The fourth-order valence-electron chi connectivity index (χ4n) is 4.05. The Balaban J connectivity index is 1.46. The first-order valence-corrected chi connectivity index (χ1v) is 12.1. The molecule has 0 spiro atoms. The van der Waals surface area contributed by atoms with Crippen molar-refractivity contribution in [1.29, 1.82) is 0 Å². The molecule has 0 bridgehead atoms. The van der Waals surface area contributed by atoms with Crippen LogP contribution in [0.5, 0.6) is 0 Å². The van der Waals surface area contributed by atoms with Gasteiger partial charge in [-0.05, 0) is 39.8 Å². The van der Waals surface area contributed by atoms with Crippen molar-refractivity contribution in [3.63, 3.8) is 0 Å². The lowest BCUT2D eigenvalue weighted by molar-refractivity contribution is 0.219. The molecule has 0 N–H and O–H groups in total. The maximum Gasteiger partial charge on any atom is 0.324 e. The van der Waals surface area contributed by atoms with Gasteiger partial charge in [-0.1, -0.05) is 51.1 Å². The van der Waals surface area contributed by atoms with Gasteiger partial charge in [0.1, 0.15) is 0 Å². The quantitative estimate of drug-likeness (QED) is 0.747. The van der Waals surface area contributed by atoms with Crippen LogP contribution in [0.2, 0.25) is 0 Å². The third kappa shape index (κ3) is 4.09. The first-order valence-electron chi connectivity index (χ1n) is 10.3. The van der Waals surface area contributed by atoms with Crippen LogP contribution < -0.4 is 4.90 Å². The summed E-state index contributed by atoms with van der Waals surface area (Å²) in [6.45, 7) is 9.24. The Kier molecular flexibility index (Phi) is 5.14. The molecule has 0 unspecified atom stereocenters. The highest BCUT2D eigenvalue weighted by molar-refractivity contribution is 7.88. The third-order valence-corrected chi connectivity index (χ3v) is 7.15. The lowest BCUT2D eigenvalue weighted by Crippen LogP contribution is -2.31. The van der Waals surface area contributed by atoms with Crippen LogP contribution in [0.4, 0.5) is 10.5 Å². The van der Waals surface area contributed by atoms with Gasteiger partial charge in [-0.15, -0.1) is 0 Å². The molecule has 2 aliphatic rings. The molecular formula is C23H29N3O3S. The highest BCUT2D eigenvalue weighted by Gasteiger charge is 2.31. The molecule has 4 rings (SSSR count). The van der Waals surface area contributed by atoms with Crippen molar-refractivity contribution >= 4 is 21.7 Å². The van der Waals surface area contributed by atoms with Gasteiger partial charge >= 0.3 is 6.03 Å². The summed E-state index contributed by atoms with van der Waals surface area (Å²) in [5.41, 5.74) is 5.32. The van der Waals surface area contributed by atoms with Gasteiger partial charge in [0.25, 0.3) is 0 Å². The SMILES string of the molecule is CC(C)(C)c1ccc(CN2CCN(c3ccc4c(c3)CN(S(C)(=O)=O)C4)C2=O)cc1. The van der Waals surface area contributed by atoms with E-state index in [1.807, 2.05) is 23.1 Å². The zero-order valence-corrected chi connectivity index (χ0v) is 18.9. The lowest BCUT2D eigenvalue weighted by atomic mass is 9.87. The Hall–Kier alpha value is -2.38. The Labute approximate surface area is 179 Å². The summed E-state index contributed by atoms with van der Waals surface area (Å²) in [6.07, 6.45) is 1.23. The monoisotopic (exact) mass is 427 g/mol. The molecule has 160 valence electrons. The molecule has 0 atom stereocenters. The van der Waals surface area contributed by atoms with E-state index in [1.165, 1.54) is 16.1 Å². The van der Waals surface area contributed by atoms with Gasteiger partial charge in [0, 0.05) is 38.4 Å². The summed E-state index contributed by atoms with van der Waals surface area (Å²) >= 11 is 0. The molecule has 30 heavy (non-hydrogen) atoms. The van der Waals surface area contributed by atoms with E-state index in [0.717, 1.165) is 22.4 Å². The summed E-state index contributed by atoms with van der Waals surface area (Å²) in [7, 11) is -3.22. The molecule has 2 aromatic carbocycles. The molecule has 1 saturated heterocycles. The van der Waals surface area contributed by atoms with E-state index in [-0.39, 0.29) is 11.4 Å². The van der Waals surface area contributed by atoms with E-state index >= 15 is 0 Å². The summed E-state index contributed by atoms with van der Waals surface area (Å²) in [4.78, 5) is 16.7. The van der Waals surface area contributed by atoms with Crippen LogP contribution in [0.15, 0.2) is 42.5 Å². The Morgan fingerprint density at radius 1 is 0.933 bits per heavy atom. The van der Waals surface area contributed by atoms with Crippen molar-refractivity contribution in [2.45, 2.75) is 45.8 Å². The van der Waals surface area contributed by atoms with Gasteiger partial charge in [-0.2, -0.15) is 4.31 Å². The number of carbonyl (C=O) groups is 1. The topological polar surface area (TPSA) is 60.9 Å². The number of carbonyl (C=O) groups excluding carboxylic acids is 1. The normalized spacial score (nSPS) is 17.7. The molecule has 0 radical (unpaired) electrons. The fraction of sp³-hybridized carbons (Fsp3) is 0.435. The zero-order valence-electron chi connectivity index (χ0n) is 18.1. The average Bonchev–Trinajstić information content (AvgIpc) is 3.25. The summed E-state index contributed by atoms with van der Waals surface area (Å²) in [5, 5.41) is 0. The van der Waals surface area contributed by atoms with Crippen molar-refractivity contribution in [1.82, 2.24) is 9.21 Å². The molecule has 0 aliphatic carbocycles. The minimum Gasteiger partial charge on any atom is -0.318 e.